The van der Waals surface area contributed by atoms with Gasteiger partial charge in [0.25, 0.3) is 10.0 Å². The predicted molar refractivity (Wildman–Crippen MR) is 76.7 cm³/mol. The summed E-state index contributed by atoms with van der Waals surface area (Å²) in [5, 5.41) is 1.58. The van der Waals surface area contributed by atoms with E-state index in [0.29, 0.717) is 12.4 Å². The Balaban J connectivity index is 2.30. The summed E-state index contributed by atoms with van der Waals surface area (Å²) < 4.78 is 26.8. The Bertz CT molecular complexity index is 673. The third kappa shape index (κ3) is 3.31. The lowest BCUT2D eigenvalue weighted by Gasteiger charge is -2.07. The van der Waals surface area contributed by atoms with Crippen molar-refractivity contribution in [3.05, 3.63) is 39.7 Å². The highest BCUT2D eigenvalue weighted by Gasteiger charge is 2.17. The topological polar surface area (TPSA) is 85.1 Å². The normalized spacial score (nSPS) is 11.5. The van der Waals surface area contributed by atoms with Gasteiger partial charge in [-0.15, -0.1) is 11.3 Å². The Labute approximate surface area is 116 Å². The van der Waals surface area contributed by atoms with Crippen molar-refractivity contribution in [2.75, 3.05) is 4.72 Å². The Morgan fingerprint density at radius 3 is 2.63 bits per heavy atom. The number of rotatable bonds is 4. The number of hydrogen-bond acceptors (Lipinski definition) is 5. The van der Waals surface area contributed by atoms with Crippen LogP contribution in [0.25, 0.3) is 0 Å². The van der Waals surface area contributed by atoms with Crippen LogP contribution >= 0.6 is 11.3 Å². The van der Waals surface area contributed by atoms with Crippen LogP contribution in [0.3, 0.4) is 0 Å². The van der Waals surface area contributed by atoms with Crippen molar-refractivity contribution in [1.29, 1.82) is 0 Å². The van der Waals surface area contributed by atoms with Gasteiger partial charge in [0, 0.05) is 22.5 Å². The second kappa shape index (κ2) is 5.28. The molecular formula is C12H15N3O2S2. The van der Waals surface area contributed by atoms with Crippen LogP contribution in [0.5, 0.6) is 0 Å². The zero-order chi connectivity index (χ0) is 14.0. The van der Waals surface area contributed by atoms with Crippen molar-refractivity contribution in [1.82, 2.24) is 4.98 Å². The summed E-state index contributed by atoms with van der Waals surface area (Å²) in [4.78, 5) is 5.21. The largest absolute Gasteiger partial charge is 0.326 e. The lowest BCUT2D eigenvalue weighted by atomic mass is 10.2. The van der Waals surface area contributed by atoms with E-state index in [2.05, 4.69) is 9.71 Å². The number of nitrogens with zero attached hydrogens (tertiary/aromatic N) is 1. The van der Waals surface area contributed by atoms with Gasteiger partial charge in [-0.3, -0.25) is 4.72 Å². The molecule has 0 atom stereocenters. The molecule has 2 heterocycles. The number of nitrogens with two attached hydrogens (primary N) is 1. The van der Waals surface area contributed by atoms with Gasteiger partial charge in [-0.1, -0.05) is 0 Å². The maximum absolute atomic E-state index is 12.2. The molecule has 0 fully saturated rings. The summed E-state index contributed by atoms with van der Waals surface area (Å²) in [5.74, 6) is 0.331. The first kappa shape index (κ1) is 14.0. The number of sulfonamides is 1. The Kier molecular flexibility index (Phi) is 3.88. The number of aromatic nitrogens is 1. The fourth-order valence-electron chi connectivity index (χ4n) is 1.70. The number of nitrogens with one attached hydrogen (secondary N) is 1. The molecule has 0 saturated carbocycles. The van der Waals surface area contributed by atoms with E-state index in [0.717, 1.165) is 16.1 Å². The second-order valence-electron chi connectivity index (χ2n) is 4.23. The second-order valence-corrected chi connectivity index (χ2v) is 6.91. The van der Waals surface area contributed by atoms with Crippen LogP contribution in [0.4, 0.5) is 5.82 Å². The van der Waals surface area contributed by atoms with E-state index in [1.807, 2.05) is 19.9 Å². The third-order valence-corrected chi connectivity index (χ3v) is 4.92. The molecule has 0 spiro atoms. The molecule has 0 unspecified atom stereocenters. The van der Waals surface area contributed by atoms with Gasteiger partial charge in [0.2, 0.25) is 0 Å². The van der Waals surface area contributed by atoms with E-state index in [1.165, 1.54) is 11.3 Å². The maximum Gasteiger partial charge on any atom is 0.263 e. The molecule has 0 amide bonds. The van der Waals surface area contributed by atoms with E-state index in [9.17, 15) is 8.42 Å². The minimum Gasteiger partial charge on any atom is -0.326 e. The number of thiophene rings is 1. The van der Waals surface area contributed by atoms with Crippen LogP contribution in [0.2, 0.25) is 0 Å². The monoisotopic (exact) mass is 297 g/mol. The van der Waals surface area contributed by atoms with Gasteiger partial charge in [-0.25, -0.2) is 13.4 Å². The van der Waals surface area contributed by atoms with Crippen molar-refractivity contribution in [2.45, 2.75) is 25.3 Å². The fourth-order valence-corrected chi connectivity index (χ4v) is 3.85. The first-order chi connectivity index (χ1) is 8.90. The first-order valence-electron chi connectivity index (χ1n) is 5.66. The third-order valence-electron chi connectivity index (χ3n) is 2.48. The van der Waals surface area contributed by atoms with Crippen LogP contribution in [-0.4, -0.2) is 13.4 Å². The molecule has 0 aromatic carbocycles. The highest BCUT2D eigenvalue weighted by molar-refractivity contribution is 7.92. The smallest absolute Gasteiger partial charge is 0.263 e. The molecule has 3 N–H and O–H groups in total. The van der Waals surface area contributed by atoms with Crippen molar-refractivity contribution < 1.29 is 8.42 Å². The molecule has 102 valence electrons. The summed E-state index contributed by atoms with van der Waals surface area (Å²) in [6, 6.07) is 5.16. The van der Waals surface area contributed by atoms with Crippen molar-refractivity contribution in [3.8, 4) is 0 Å². The molecule has 2 aromatic heterocycles. The zero-order valence-corrected chi connectivity index (χ0v) is 12.3. The van der Waals surface area contributed by atoms with Crippen molar-refractivity contribution in [3.63, 3.8) is 0 Å². The summed E-state index contributed by atoms with van der Waals surface area (Å²) in [6.07, 6.45) is 0. The average molecular weight is 297 g/mol. The fraction of sp³-hybridized carbons (Fsp3) is 0.250. The Hall–Kier alpha value is -1.44. The lowest BCUT2D eigenvalue weighted by Crippen LogP contribution is -2.13. The van der Waals surface area contributed by atoms with Crippen LogP contribution in [0, 0.1) is 13.8 Å². The number of pyridine rings is 1. The van der Waals surface area contributed by atoms with E-state index in [1.54, 1.807) is 17.5 Å². The number of aryl methyl sites for hydroxylation is 2. The van der Waals surface area contributed by atoms with Crippen molar-refractivity contribution >= 4 is 27.2 Å². The molecular weight excluding hydrogens is 282 g/mol. The minimum atomic E-state index is -3.59. The quantitative estimate of drug-likeness (QED) is 0.904. The number of hydrogen-bond donors (Lipinski definition) is 2. The van der Waals surface area contributed by atoms with E-state index >= 15 is 0 Å². The molecule has 0 radical (unpaired) electrons. The van der Waals surface area contributed by atoms with E-state index < -0.39 is 10.0 Å². The Morgan fingerprint density at radius 1 is 1.32 bits per heavy atom. The molecule has 0 aliphatic rings. The first-order valence-corrected chi connectivity index (χ1v) is 8.02. The molecule has 0 bridgehead atoms. The van der Waals surface area contributed by atoms with Gasteiger partial charge in [0.15, 0.2) is 0 Å². The molecule has 0 saturated heterocycles. The summed E-state index contributed by atoms with van der Waals surface area (Å²) in [5.41, 5.74) is 7.21. The van der Waals surface area contributed by atoms with Gasteiger partial charge < -0.3 is 5.73 Å². The van der Waals surface area contributed by atoms with Gasteiger partial charge in [0.05, 0.1) is 4.90 Å². The Morgan fingerprint density at radius 2 is 2.05 bits per heavy atom. The lowest BCUT2D eigenvalue weighted by molar-refractivity contribution is 0.601. The zero-order valence-electron chi connectivity index (χ0n) is 10.7. The van der Waals surface area contributed by atoms with Crippen LogP contribution in [0.15, 0.2) is 28.5 Å². The summed E-state index contributed by atoms with van der Waals surface area (Å²) in [6.45, 7) is 4.05. The van der Waals surface area contributed by atoms with Crippen LogP contribution < -0.4 is 10.5 Å². The molecule has 19 heavy (non-hydrogen) atoms. The van der Waals surface area contributed by atoms with Gasteiger partial charge >= 0.3 is 0 Å². The highest BCUT2D eigenvalue weighted by Crippen LogP contribution is 2.21. The molecule has 0 aliphatic carbocycles. The van der Waals surface area contributed by atoms with Gasteiger partial charge in [-0.2, -0.15) is 0 Å². The van der Waals surface area contributed by atoms with Crippen molar-refractivity contribution in [2.24, 2.45) is 5.73 Å². The summed E-state index contributed by atoms with van der Waals surface area (Å²) in [7, 11) is -3.59. The SMILES string of the molecule is Cc1cc(C)nc(NS(=O)(=O)c2csc(CN)c2)c1. The molecule has 5 nitrogen and oxygen atoms in total. The molecule has 2 aromatic rings. The highest BCUT2D eigenvalue weighted by atomic mass is 32.2. The minimum absolute atomic E-state index is 0.221. The molecule has 7 heteroatoms. The maximum atomic E-state index is 12.2. The predicted octanol–water partition coefficient (Wildman–Crippen LogP) is 2.02. The van der Waals surface area contributed by atoms with E-state index in [4.69, 9.17) is 5.73 Å². The summed E-state index contributed by atoms with van der Waals surface area (Å²) >= 11 is 1.33. The van der Waals surface area contributed by atoms with Gasteiger partial charge in [-0.05, 0) is 37.6 Å². The molecule has 0 aliphatic heterocycles. The molecule has 2 rings (SSSR count). The van der Waals surface area contributed by atoms with Crippen LogP contribution in [-0.2, 0) is 16.6 Å². The van der Waals surface area contributed by atoms with Crippen LogP contribution in [0.1, 0.15) is 16.1 Å². The number of anilines is 1. The average Bonchev–Trinajstić information content (AvgIpc) is 2.75. The van der Waals surface area contributed by atoms with Gasteiger partial charge in [0.1, 0.15) is 5.82 Å². The standard InChI is InChI=1S/C12H15N3O2S2/c1-8-3-9(2)14-12(4-8)15-19(16,17)11-5-10(6-13)18-7-11/h3-5,7H,6,13H2,1-2H3,(H,14,15). The van der Waals surface area contributed by atoms with E-state index in [-0.39, 0.29) is 4.90 Å².